The van der Waals surface area contributed by atoms with E-state index in [9.17, 15) is 55.5 Å². The first-order valence-electron chi connectivity index (χ1n) is 12.8. The number of carboxylic acids is 1. The molecule has 3 aromatic rings. The normalized spacial score (nSPS) is 31.2. The first kappa shape index (κ1) is 30.5. The molecule has 16 heteroatoms. The highest BCUT2D eigenvalue weighted by molar-refractivity contribution is 5.88. The van der Waals surface area contributed by atoms with Crippen molar-refractivity contribution in [2.75, 3.05) is 13.7 Å². The van der Waals surface area contributed by atoms with Crippen molar-refractivity contribution in [2.45, 2.75) is 55.1 Å². The summed E-state index contributed by atoms with van der Waals surface area (Å²) in [5.74, 6) is -3.38. The van der Waals surface area contributed by atoms with E-state index >= 15 is 0 Å². The number of methoxy groups -OCH3 is 1. The molecular formula is C27H28O16. The minimum absolute atomic E-state index is 0.0344. The monoisotopic (exact) mass is 608 g/mol. The Kier molecular flexibility index (Phi) is 8.21. The Labute approximate surface area is 240 Å². The molecule has 0 radical (unpaired) electrons. The predicted molar refractivity (Wildman–Crippen MR) is 139 cm³/mol. The third-order valence-corrected chi connectivity index (χ3v) is 7.34. The fourth-order valence-corrected chi connectivity index (χ4v) is 5.08. The van der Waals surface area contributed by atoms with Crippen LogP contribution in [0.1, 0.15) is 11.7 Å². The number of benzene rings is 2. The van der Waals surface area contributed by atoms with Crippen LogP contribution in [0.2, 0.25) is 0 Å². The zero-order valence-electron chi connectivity index (χ0n) is 22.2. The van der Waals surface area contributed by atoms with Gasteiger partial charge >= 0.3 is 5.97 Å². The van der Waals surface area contributed by atoms with E-state index in [4.69, 9.17) is 23.4 Å². The first-order valence-corrected chi connectivity index (χ1v) is 12.8. The maximum Gasteiger partial charge on any atom is 0.335 e. The number of carbonyl (C=O) groups is 1. The van der Waals surface area contributed by atoms with Crippen LogP contribution in [0.3, 0.4) is 0 Å². The Morgan fingerprint density at radius 2 is 1.65 bits per heavy atom. The summed E-state index contributed by atoms with van der Waals surface area (Å²) in [5.41, 5.74) is -1.30. The Morgan fingerprint density at radius 1 is 0.930 bits per heavy atom. The molecule has 0 bridgehead atoms. The molecule has 232 valence electrons. The van der Waals surface area contributed by atoms with E-state index in [-0.39, 0.29) is 28.4 Å². The van der Waals surface area contributed by atoms with E-state index in [1.807, 2.05) is 0 Å². The summed E-state index contributed by atoms with van der Waals surface area (Å²) >= 11 is 0. The highest BCUT2D eigenvalue weighted by Gasteiger charge is 2.51. The largest absolute Gasteiger partial charge is 0.507 e. The number of phenolic OH excluding ortho intramolecular Hbond substituents is 3. The number of aliphatic hydroxyl groups is 5. The van der Waals surface area contributed by atoms with Gasteiger partial charge in [-0.05, 0) is 18.2 Å². The Hall–Kier alpha value is -4.00. The first-order chi connectivity index (χ1) is 20.3. The summed E-state index contributed by atoms with van der Waals surface area (Å²) in [6.07, 6.45) is -17.1. The van der Waals surface area contributed by atoms with E-state index in [1.54, 1.807) is 0 Å². The van der Waals surface area contributed by atoms with Gasteiger partial charge < -0.3 is 69.3 Å². The lowest BCUT2D eigenvalue weighted by Crippen LogP contribution is -2.62. The van der Waals surface area contributed by atoms with E-state index in [2.05, 4.69) is 0 Å². The number of fused-ring (bicyclic) bond motifs is 1. The average Bonchev–Trinajstić information content (AvgIpc) is 2.95. The van der Waals surface area contributed by atoms with Crippen LogP contribution in [0.4, 0.5) is 0 Å². The topological polar surface area (TPSA) is 266 Å². The Bertz CT molecular complexity index is 1590. The highest BCUT2D eigenvalue weighted by Crippen LogP contribution is 2.45. The summed E-state index contributed by atoms with van der Waals surface area (Å²) in [5, 5.41) is 92.6. The fourth-order valence-electron chi connectivity index (χ4n) is 5.08. The number of hydrogen-bond acceptors (Lipinski definition) is 15. The van der Waals surface area contributed by atoms with Gasteiger partial charge in [0, 0.05) is 17.7 Å². The fraction of sp³-hybridized carbons (Fsp3) is 0.407. The summed E-state index contributed by atoms with van der Waals surface area (Å²) in [7, 11) is 1.35. The second kappa shape index (κ2) is 11.6. The standard InChI is InChI=1S/C27H28O16/c1-39-13-3-2-8(4-9(13)28)14-5-10(29)16-15(41-14)6-11(30)17(19(16)33)23-24(18(32)12(31)7-40-23)42-27-22(36)20(34)21(35)25(43-27)26(37)38/h2-6,12,18,20-25,27-28,30-36H,7H2,1H3,(H,37,38)/t12-,18+,20+,21+,22-,23+,24-,25+,27-/m1/s1. The molecular weight excluding hydrogens is 580 g/mol. The van der Waals surface area contributed by atoms with Crippen LogP contribution < -0.4 is 10.2 Å². The molecule has 43 heavy (non-hydrogen) atoms. The second-order valence-corrected chi connectivity index (χ2v) is 10.0. The third-order valence-electron chi connectivity index (χ3n) is 7.34. The van der Waals surface area contributed by atoms with E-state index in [1.165, 1.54) is 25.3 Å². The number of aromatic hydroxyl groups is 3. The van der Waals surface area contributed by atoms with Gasteiger partial charge in [-0.2, -0.15) is 0 Å². The van der Waals surface area contributed by atoms with Crippen molar-refractivity contribution in [1.29, 1.82) is 0 Å². The van der Waals surface area contributed by atoms with Crippen LogP contribution in [0.25, 0.3) is 22.3 Å². The summed E-state index contributed by atoms with van der Waals surface area (Å²) in [6.45, 7) is -0.551. The molecule has 0 saturated carbocycles. The minimum atomic E-state index is -2.06. The van der Waals surface area contributed by atoms with Crippen molar-refractivity contribution >= 4 is 16.9 Å². The van der Waals surface area contributed by atoms with Gasteiger partial charge in [0.15, 0.2) is 29.3 Å². The van der Waals surface area contributed by atoms with Crippen molar-refractivity contribution in [2.24, 2.45) is 0 Å². The van der Waals surface area contributed by atoms with Crippen LogP contribution in [-0.2, 0) is 19.0 Å². The molecule has 0 aliphatic carbocycles. The van der Waals surface area contributed by atoms with Gasteiger partial charge in [-0.25, -0.2) is 4.79 Å². The van der Waals surface area contributed by atoms with Gasteiger partial charge in [0.05, 0.1) is 19.3 Å². The molecule has 9 N–H and O–H groups in total. The molecule has 3 heterocycles. The van der Waals surface area contributed by atoms with Crippen molar-refractivity contribution in [3.05, 3.63) is 46.1 Å². The van der Waals surface area contributed by atoms with E-state index in [0.29, 0.717) is 0 Å². The lowest BCUT2D eigenvalue weighted by molar-refractivity contribution is -0.330. The lowest BCUT2D eigenvalue weighted by atomic mass is 9.91. The van der Waals surface area contributed by atoms with Crippen LogP contribution in [0, 0.1) is 0 Å². The van der Waals surface area contributed by atoms with Gasteiger partial charge in [-0.3, -0.25) is 4.79 Å². The average molecular weight is 609 g/mol. The van der Waals surface area contributed by atoms with Crippen molar-refractivity contribution in [3.8, 4) is 34.3 Å². The lowest BCUT2D eigenvalue weighted by Gasteiger charge is -2.44. The molecule has 0 unspecified atom stereocenters. The van der Waals surface area contributed by atoms with Crippen LogP contribution >= 0.6 is 0 Å². The Morgan fingerprint density at radius 3 is 2.30 bits per heavy atom. The summed E-state index contributed by atoms with van der Waals surface area (Å²) < 4.78 is 26.9. The highest BCUT2D eigenvalue weighted by atomic mass is 16.7. The quantitative estimate of drug-likeness (QED) is 0.157. The number of ether oxygens (including phenoxy) is 4. The zero-order valence-corrected chi connectivity index (χ0v) is 22.2. The number of aliphatic carboxylic acids is 1. The molecule has 2 aromatic carbocycles. The smallest absolute Gasteiger partial charge is 0.335 e. The maximum atomic E-state index is 13.2. The molecule has 9 atom stereocenters. The van der Waals surface area contributed by atoms with E-state index < -0.39 is 95.6 Å². The molecule has 16 nitrogen and oxygen atoms in total. The minimum Gasteiger partial charge on any atom is -0.507 e. The number of aliphatic hydroxyl groups excluding tert-OH is 5. The van der Waals surface area contributed by atoms with Gasteiger partial charge in [0.25, 0.3) is 0 Å². The molecule has 2 fully saturated rings. The van der Waals surface area contributed by atoms with E-state index in [0.717, 1.165) is 12.1 Å². The number of hydrogen-bond donors (Lipinski definition) is 9. The van der Waals surface area contributed by atoms with Gasteiger partial charge in [0.1, 0.15) is 71.0 Å². The van der Waals surface area contributed by atoms with Crippen molar-refractivity contribution < 1.29 is 74.1 Å². The molecule has 2 aliphatic rings. The number of carboxylic acid groups (broad SMARTS) is 1. The van der Waals surface area contributed by atoms with Gasteiger partial charge in [-0.15, -0.1) is 0 Å². The third kappa shape index (κ3) is 5.34. The van der Waals surface area contributed by atoms with Crippen LogP contribution in [0.15, 0.2) is 39.5 Å². The van der Waals surface area contributed by atoms with Gasteiger partial charge in [0.2, 0.25) is 0 Å². The van der Waals surface area contributed by atoms with Crippen LogP contribution in [-0.4, -0.2) is 115 Å². The molecule has 2 saturated heterocycles. The van der Waals surface area contributed by atoms with Gasteiger partial charge in [-0.1, -0.05) is 0 Å². The summed E-state index contributed by atoms with van der Waals surface area (Å²) in [6, 6.07) is 6.19. The summed E-state index contributed by atoms with van der Waals surface area (Å²) in [4.78, 5) is 24.7. The zero-order chi connectivity index (χ0) is 31.3. The SMILES string of the molecule is COc1ccc(-c2cc(=O)c3c(O)c([C@@H]4OC[C@@H](O)[C@H](O)[C@H]4O[C@@H]4O[C@H](C(=O)O)[C@@H](O)[C@H](O)[C@H]4O)c(O)cc3o2)cc1O. The molecule has 0 spiro atoms. The van der Waals surface area contributed by atoms with Crippen LogP contribution in [0.5, 0.6) is 23.0 Å². The van der Waals surface area contributed by atoms with Crippen molar-refractivity contribution in [3.63, 3.8) is 0 Å². The molecule has 2 aliphatic heterocycles. The molecule has 5 rings (SSSR count). The second-order valence-electron chi connectivity index (χ2n) is 10.0. The predicted octanol–water partition coefficient (Wildman–Crippen LogP) is -1.34. The molecule has 1 aromatic heterocycles. The van der Waals surface area contributed by atoms with Crippen molar-refractivity contribution in [1.82, 2.24) is 0 Å². The number of phenols is 3. The number of rotatable bonds is 6. The molecule has 0 amide bonds. The maximum absolute atomic E-state index is 13.2. The Balaban J connectivity index is 1.55.